The zero-order chi connectivity index (χ0) is 14.4. The van der Waals surface area contributed by atoms with Crippen molar-refractivity contribution in [3.8, 4) is 0 Å². The minimum atomic E-state index is 0.572. The van der Waals surface area contributed by atoms with Crippen molar-refractivity contribution in [3.63, 3.8) is 0 Å². The monoisotopic (exact) mass is 276 g/mol. The Morgan fingerprint density at radius 3 is 2.50 bits per heavy atom. The predicted octanol–water partition coefficient (Wildman–Crippen LogP) is 2.62. The van der Waals surface area contributed by atoms with E-state index in [9.17, 15) is 0 Å². The molecular formula is C17H28N2O. The highest BCUT2D eigenvalue weighted by molar-refractivity contribution is 5.25. The average molecular weight is 276 g/mol. The van der Waals surface area contributed by atoms with Crippen LogP contribution in [0.3, 0.4) is 0 Å². The molecule has 0 radical (unpaired) electrons. The molecule has 1 aromatic carbocycles. The van der Waals surface area contributed by atoms with Crippen molar-refractivity contribution in [2.75, 3.05) is 33.9 Å². The van der Waals surface area contributed by atoms with Crippen LogP contribution in [0.15, 0.2) is 24.3 Å². The van der Waals surface area contributed by atoms with Crippen molar-refractivity contribution in [2.45, 2.75) is 38.3 Å². The fourth-order valence-electron chi connectivity index (χ4n) is 2.92. The van der Waals surface area contributed by atoms with Crippen LogP contribution in [0, 0.1) is 0 Å². The maximum absolute atomic E-state index is 5.43. The zero-order valence-corrected chi connectivity index (χ0v) is 13.1. The van der Waals surface area contributed by atoms with E-state index >= 15 is 0 Å². The van der Waals surface area contributed by atoms with Gasteiger partial charge in [-0.2, -0.15) is 0 Å². The van der Waals surface area contributed by atoms with Gasteiger partial charge in [0.05, 0.1) is 0 Å². The fraction of sp³-hybridized carbons (Fsp3) is 0.647. The Morgan fingerprint density at radius 2 is 1.90 bits per heavy atom. The Bertz CT molecular complexity index is 384. The number of hydrogen-bond acceptors (Lipinski definition) is 3. The van der Waals surface area contributed by atoms with E-state index in [0.717, 1.165) is 39.1 Å². The second kappa shape index (κ2) is 7.77. The highest BCUT2D eigenvalue weighted by Gasteiger charge is 2.18. The molecule has 112 valence electrons. The molecule has 1 aliphatic heterocycles. The summed E-state index contributed by atoms with van der Waals surface area (Å²) in [5, 5.41) is 3.24. The summed E-state index contributed by atoms with van der Waals surface area (Å²) >= 11 is 0. The standard InChI is InChI=1S/C17H28N2O/c1-14(12-18-2)16-6-4-15(5-7-16)13-19(3)17-8-10-20-11-9-17/h4-7,14,17-18H,8-13H2,1-3H3. The summed E-state index contributed by atoms with van der Waals surface area (Å²) in [4.78, 5) is 2.47. The predicted molar refractivity (Wildman–Crippen MR) is 84.1 cm³/mol. The number of ether oxygens (including phenoxy) is 1. The summed E-state index contributed by atoms with van der Waals surface area (Å²) in [5.41, 5.74) is 2.82. The first-order chi connectivity index (χ1) is 9.70. The van der Waals surface area contributed by atoms with Crippen molar-refractivity contribution >= 4 is 0 Å². The van der Waals surface area contributed by atoms with Crippen LogP contribution in [0.25, 0.3) is 0 Å². The lowest BCUT2D eigenvalue weighted by molar-refractivity contribution is 0.0407. The molecule has 2 rings (SSSR count). The van der Waals surface area contributed by atoms with Gasteiger partial charge in [-0.3, -0.25) is 4.90 Å². The van der Waals surface area contributed by atoms with Gasteiger partial charge in [0.25, 0.3) is 0 Å². The first-order valence-electron chi connectivity index (χ1n) is 7.72. The van der Waals surface area contributed by atoms with Gasteiger partial charge in [-0.15, -0.1) is 0 Å². The Balaban J connectivity index is 1.89. The van der Waals surface area contributed by atoms with Gasteiger partial charge in [-0.25, -0.2) is 0 Å². The largest absolute Gasteiger partial charge is 0.381 e. The highest BCUT2D eigenvalue weighted by atomic mass is 16.5. The Morgan fingerprint density at radius 1 is 1.25 bits per heavy atom. The summed E-state index contributed by atoms with van der Waals surface area (Å²) in [6, 6.07) is 9.77. The molecule has 3 heteroatoms. The Hall–Kier alpha value is -0.900. The van der Waals surface area contributed by atoms with Gasteiger partial charge in [0.2, 0.25) is 0 Å². The Kier molecular flexibility index (Phi) is 6.02. The van der Waals surface area contributed by atoms with Crippen LogP contribution in [0.1, 0.15) is 36.8 Å². The second-order valence-corrected chi connectivity index (χ2v) is 5.96. The van der Waals surface area contributed by atoms with Gasteiger partial charge in [0, 0.05) is 32.3 Å². The number of likely N-dealkylation sites (N-methyl/N-ethyl adjacent to an activating group) is 1. The second-order valence-electron chi connectivity index (χ2n) is 5.96. The topological polar surface area (TPSA) is 24.5 Å². The molecule has 0 saturated carbocycles. The maximum Gasteiger partial charge on any atom is 0.0480 e. The molecule has 1 fully saturated rings. The van der Waals surface area contributed by atoms with Crippen LogP contribution in [-0.2, 0) is 11.3 Å². The van der Waals surface area contributed by atoms with E-state index in [-0.39, 0.29) is 0 Å². The summed E-state index contributed by atoms with van der Waals surface area (Å²) in [5.74, 6) is 0.572. The van der Waals surface area contributed by atoms with Crippen LogP contribution >= 0.6 is 0 Å². The third-order valence-electron chi connectivity index (χ3n) is 4.31. The van der Waals surface area contributed by atoms with Crippen molar-refractivity contribution in [1.82, 2.24) is 10.2 Å². The smallest absolute Gasteiger partial charge is 0.0480 e. The van der Waals surface area contributed by atoms with Crippen LogP contribution in [0.2, 0.25) is 0 Å². The van der Waals surface area contributed by atoms with E-state index in [4.69, 9.17) is 4.74 Å². The molecular weight excluding hydrogens is 248 g/mol. The number of nitrogens with one attached hydrogen (secondary N) is 1. The normalized spacial score (nSPS) is 18.4. The lowest BCUT2D eigenvalue weighted by Crippen LogP contribution is -2.36. The molecule has 0 spiro atoms. The van der Waals surface area contributed by atoms with Crippen LogP contribution in [-0.4, -0.2) is 44.8 Å². The molecule has 0 aromatic heterocycles. The van der Waals surface area contributed by atoms with Crippen LogP contribution < -0.4 is 5.32 Å². The molecule has 0 aliphatic carbocycles. The lowest BCUT2D eigenvalue weighted by atomic mass is 9.99. The highest BCUT2D eigenvalue weighted by Crippen LogP contribution is 2.18. The zero-order valence-electron chi connectivity index (χ0n) is 13.1. The molecule has 0 amide bonds. The third kappa shape index (κ3) is 4.30. The average Bonchev–Trinajstić information content (AvgIpc) is 2.49. The van der Waals surface area contributed by atoms with E-state index in [1.165, 1.54) is 11.1 Å². The number of nitrogens with zero attached hydrogens (tertiary/aromatic N) is 1. The van der Waals surface area contributed by atoms with Crippen molar-refractivity contribution in [1.29, 1.82) is 0 Å². The van der Waals surface area contributed by atoms with E-state index in [1.54, 1.807) is 0 Å². The van der Waals surface area contributed by atoms with Crippen LogP contribution in [0.5, 0.6) is 0 Å². The minimum Gasteiger partial charge on any atom is -0.381 e. The molecule has 1 atom stereocenters. The van der Waals surface area contributed by atoms with Gasteiger partial charge in [0.1, 0.15) is 0 Å². The molecule has 1 heterocycles. The molecule has 20 heavy (non-hydrogen) atoms. The van der Waals surface area contributed by atoms with Gasteiger partial charge < -0.3 is 10.1 Å². The van der Waals surface area contributed by atoms with E-state index in [2.05, 4.69) is 48.5 Å². The molecule has 0 bridgehead atoms. The summed E-state index contributed by atoms with van der Waals surface area (Å²) < 4.78 is 5.43. The number of rotatable bonds is 6. The van der Waals surface area contributed by atoms with Crippen molar-refractivity contribution < 1.29 is 4.74 Å². The van der Waals surface area contributed by atoms with E-state index in [1.807, 2.05) is 7.05 Å². The molecule has 1 unspecified atom stereocenters. The molecule has 1 aromatic rings. The lowest BCUT2D eigenvalue weighted by Gasteiger charge is -2.31. The van der Waals surface area contributed by atoms with Gasteiger partial charge in [0.15, 0.2) is 0 Å². The van der Waals surface area contributed by atoms with Gasteiger partial charge in [-0.05, 0) is 44.0 Å². The van der Waals surface area contributed by atoms with Crippen molar-refractivity contribution in [3.05, 3.63) is 35.4 Å². The fourth-order valence-corrected chi connectivity index (χ4v) is 2.92. The SMILES string of the molecule is CNCC(C)c1ccc(CN(C)C2CCOCC2)cc1. The molecule has 3 nitrogen and oxygen atoms in total. The first-order valence-corrected chi connectivity index (χ1v) is 7.72. The van der Waals surface area contributed by atoms with E-state index < -0.39 is 0 Å². The molecule has 1 saturated heterocycles. The number of benzene rings is 1. The first kappa shape index (κ1) is 15.5. The quantitative estimate of drug-likeness (QED) is 0.864. The van der Waals surface area contributed by atoms with Gasteiger partial charge >= 0.3 is 0 Å². The third-order valence-corrected chi connectivity index (χ3v) is 4.31. The van der Waals surface area contributed by atoms with Crippen LogP contribution in [0.4, 0.5) is 0 Å². The number of hydrogen-bond donors (Lipinski definition) is 1. The summed E-state index contributed by atoms with van der Waals surface area (Å²) in [6.45, 7) is 6.15. The Labute approximate surface area is 123 Å². The minimum absolute atomic E-state index is 0.572. The van der Waals surface area contributed by atoms with E-state index in [0.29, 0.717) is 12.0 Å². The summed E-state index contributed by atoms with van der Waals surface area (Å²) in [6.07, 6.45) is 2.32. The van der Waals surface area contributed by atoms with Gasteiger partial charge in [-0.1, -0.05) is 31.2 Å². The summed E-state index contributed by atoms with van der Waals surface area (Å²) in [7, 11) is 4.24. The molecule has 1 N–H and O–H groups in total. The molecule has 1 aliphatic rings. The van der Waals surface area contributed by atoms with Crippen molar-refractivity contribution in [2.24, 2.45) is 0 Å². The maximum atomic E-state index is 5.43.